The van der Waals surface area contributed by atoms with E-state index in [0.29, 0.717) is 12.3 Å². The number of unbranched alkanes of at least 4 members (excludes halogenated alkanes) is 1. The number of amides is 1. The molecule has 0 spiro atoms. The highest BCUT2D eigenvalue weighted by molar-refractivity contribution is 7.89. The molecule has 1 amide bonds. The van der Waals surface area contributed by atoms with E-state index < -0.39 is 16.1 Å². The number of methoxy groups -OCH3 is 1. The Morgan fingerprint density at radius 3 is 2.59 bits per heavy atom. The molecule has 0 atom stereocenters. The van der Waals surface area contributed by atoms with Crippen LogP contribution in [0.15, 0.2) is 23.1 Å². The highest BCUT2D eigenvalue weighted by Gasteiger charge is 2.17. The predicted molar refractivity (Wildman–Crippen MR) is 83.7 cm³/mol. The smallest absolute Gasteiger partial charge is 0.411 e. The SMILES string of the molecule is CCCCNS(=O)(=O)c1ccc(OC)c(NC(=O)OCC)c1. The van der Waals surface area contributed by atoms with Gasteiger partial charge in [0.1, 0.15) is 5.75 Å². The molecular weight excluding hydrogens is 308 g/mol. The molecular formula is C14H22N2O5S. The molecule has 0 radical (unpaired) electrons. The third-order valence-electron chi connectivity index (χ3n) is 2.82. The van der Waals surface area contributed by atoms with Crippen LogP contribution in [0.5, 0.6) is 5.75 Å². The Balaban J connectivity index is 3.00. The Hall–Kier alpha value is -1.80. The van der Waals surface area contributed by atoms with Crippen molar-refractivity contribution in [1.29, 1.82) is 0 Å². The van der Waals surface area contributed by atoms with Crippen LogP contribution in [0.25, 0.3) is 0 Å². The summed E-state index contributed by atoms with van der Waals surface area (Å²) in [6, 6.07) is 4.24. The summed E-state index contributed by atoms with van der Waals surface area (Å²) in [5, 5.41) is 2.46. The number of carbonyl (C=O) groups excluding carboxylic acids is 1. The summed E-state index contributed by atoms with van der Waals surface area (Å²) in [6.07, 6.45) is 0.971. The fourth-order valence-corrected chi connectivity index (χ4v) is 2.80. The van der Waals surface area contributed by atoms with Gasteiger partial charge in [-0.1, -0.05) is 13.3 Å². The van der Waals surface area contributed by atoms with Crippen molar-refractivity contribution >= 4 is 21.8 Å². The van der Waals surface area contributed by atoms with Gasteiger partial charge in [0.2, 0.25) is 10.0 Å². The average Bonchev–Trinajstić information content (AvgIpc) is 2.47. The van der Waals surface area contributed by atoms with E-state index in [0.717, 1.165) is 12.8 Å². The molecule has 0 fully saturated rings. The minimum absolute atomic E-state index is 0.0520. The molecule has 2 N–H and O–H groups in total. The molecule has 0 aliphatic rings. The van der Waals surface area contributed by atoms with Crippen LogP contribution in [0.3, 0.4) is 0 Å². The van der Waals surface area contributed by atoms with E-state index in [9.17, 15) is 13.2 Å². The molecule has 124 valence electrons. The zero-order valence-electron chi connectivity index (χ0n) is 13.0. The van der Waals surface area contributed by atoms with Gasteiger partial charge >= 0.3 is 6.09 Å². The van der Waals surface area contributed by atoms with Gasteiger partial charge in [-0.2, -0.15) is 0 Å². The summed E-state index contributed by atoms with van der Waals surface area (Å²) in [7, 11) is -2.20. The summed E-state index contributed by atoms with van der Waals surface area (Å²) in [6.45, 7) is 4.23. The van der Waals surface area contributed by atoms with Crippen LogP contribution >= 0.6 is 0 Å². The molecule has 8 heteroatoms. The number of sulfonamides is 1. The Morgan fingerprint density at radius 2 is 2.00 bits per heavy atom. The predicted octanol–water partition coefficient (Wildman–Crippen LogP) is 2.34. The van der Waals surface area contributed by atoms with Gasteiger partial charge in [0.25, 0.3) is 0 Å². The highest BCUT2D eigenvalue weighted by Crippen LogP contribution is 2.27. The van der Waals surface area contributed by atoms with Gasteiger partial charge < -0.3 is 9.47 Å². The number of hydrogen-bond donors (Lipinski definition) is 2. The molecule has 0 saturated carbocycles. The summed E-state index contributed by atoms with van der Waals surface area (Å²) >= 11 is 0. The number of benzene rings is 1. The molecule has 0 aromatic heterocycles. The third-order valence-corrected chi connectivity index (χ3v) is 4.27. The number of rotatable bonds is 8. The van der Waals surface area contributed by atoms with Gasteiger partial charge in [0.05, 0.1) is 24.3 Å². The van der Waals surface area contributed by atoms with Crippen molar-refractivity contribution in [3.63, 3.8) is 0 Å². The van der Waals surface area contributed by atoms with Gasteiger partial charge in [-0.25, -0.2) is 17.9 Å². The van der Waals surface area contributed by atoms with Crippen LogP contribution in [0.4, 0.5) is 10.5 Å². The van der Waals surface area contributed by atoms with Gasteiger partial charge in [-0.3, -0.25) is 5.32 Å². The lowest BCUT2D eigenvalue weighted by atomic mass is 10.3. The number of carbonyl (C=O) groups is 1. The third kappa shape index (κ3) is 5.19. The molecule has 0 aliphatic heterocycles. The van der Waals surface area contributed by atoms with Crippen LogP contribution in [0.2, 0.25) is 0 Å². The van der Waals surface area contributed by atoms with E-state index in [2.05, 4.69) is 10.0 Å². The second kappa shape index (κ2) is 8.60. The minimum atomic E-state index is -3.63. The molecule has 22 heavy (non-hydrogen) atoms. The topological polar surface area (TPSA) is 93.7 Å². The number of nitrogens with one attached hydrogen (secondary N) is 2. The average molecular weight is 330 g/mol. The quantitative estimate of drug-likeness (QED) is 0.714. The summed E-state index contributed by atoms with van der Waals surface area (Å²) in [5.41, 5.74) is 0.235. The Kier molecular flexibility index (Phi) is 7.13. The van der Waals surface area contributed by atoms with Crippen molar-refractivity contribution in [3.05, 3.63) is 18.2 Å². The van der Waals surface area contributed by atoms with Gasteiger partial charge in [0.15, 0.2) is 0 Å². The first kappa shape index (κ1) is 18.2. The van der Waals surface area contributed by atoms with Crippen molar-refractivity contribution in [1.82, 2.24) is 4.72 Å². The number of hydrogen-bond acceptors (Lipinski definition) is 5. The fourth-order valence-electron chi connectivity index (χ4n) is 1.70. The minimum Gasteiger partial charge on any atom is -0.495 e. The molecule has 0 bridgehead atoms. The monoisotopic (exact) mass is 330 g/mol. The molecule has 0 saturated heterocycles. The van der Waals surface area contributed by atoms with E-state index in [1.54, 1.807) is 6.92 Å². The van der Waals surface area contributed by atoms with Crippen LogP contribution < -0.4 is 14.8 Å². The largest absolute Gasteiger partial charge is 0.495 e. The first-order valence-corrected chi connectivity index (χ1v) is 8.54. The van der Waals surface area contributed by atoms with Crippen molar-refractivity contribution < 1.29 is 22.7 Å². The van der Waals surface area contributed by atoms with E-state index in [-0.39, 0.29) is 17.2 Å². The summed E-state index contributed by atoms with van der Waals surface area (Å²) < 4.78 is 36.7. The van der Waals surface area contributed by atoms with Crippen LogP contribution in [-0.2, 0) is 14.8 Å². The molecule has 1 aromatic carbocycles. The second-order valence-electron chi connectivity index (χ2n) is 4.46. The maximum Gasteiger partial charge on any atom is 0.411 e. The molecule has 0 heterocycles. The standard InChI is InChI=1S/C14H22N2O5S/c1-4-6-9-15-22(18,19)11-7-8-13(20-3)12(10-11)16-14(17)21-5-2/h7-8,10,15H,4-6,9H2,1-3H3,(H,16,17). The fraction of sp³-hybridized carbons (Fsp3) is 0.500. The van der Waals surface area contributed by atoms with Crippen molar-refractivity contribution in [2.75, 3.05) is 25.6 Å². The first-order valence-electron chi connectivity index (χ1n) is 7.06. The van der Waals surface area contributed by atoms with Crippen LogP contribution in [-0.4, -0.2) is 34.8 Å². The second-order valence-corrected chi connectivity index (χ2v) is 6.23. The van der Waals surface area contributed by atoms with Gasteiger partial charge in [-0.15, -0.1) is 0 Å². The Morgan fingerprint density at radius 1 is 1.27 bits per heavy atom. The molecule has 7 nitrogen and oxygen atoms in total. The first-order chi connectivity index (χ1) is 10.4. The summed E-state index contributed by atoms with van der Waals surface area (Å²) in [5.74, 6) is 0.348. The maximum absolute atomic E-state index is 12.2. The van der Waals surface area contributed by atoms with Gasteiger partial charge in [0, 0.05) is 6.54 Å². The number of anilines is 1. The van der Waals surface area contributed by atoms with Crippen molar-refractivity contribution in [2.45, 2.75) is 31.6 Å². The van der Waals surface area contributed by atoms with E-state index in [1.165, 1.54) is 25.3 Å². The zero-order chi connectivity index (χ0) is 16.6. The lowest BCUT2D eigenvalue weighted by Gasteiger charge is -2.12. The number of ether oxygens (including phenoxy) is 2. The lowest BCUT2D eigenvalue weighted by molar-refractivity contribution is 0.168. The Bertz CT molecular complexity index is 601. The Labute approximate surface area is 131 Å². The molecule has 1 rings (SSSR count). The maximum atomic E-state index is 12.2. The molecule has 1 aromatic rings. The lowest BCUT2D eigenvalue weighted by Crippen LogP contribution is -2.25. The van der Waals surface area contributed by atoms with Crippen LogP contribution in [0, 0.1) is 0 Å². The van der Waals surface area contributed by atoms with Crippen molar-refractivity contribution in [2.24, 2.45) is 0 Å². The van der Waals surface area contributed by atoms with E-state index >= 15 is 0 Å². The molecule has 0 aliphatic carbocycles. The van der Waals surface area contributed by atoms with Crippen molar-refractivity contribution in [3.8, 4) is 5.75 Å². The van der Waals surface area contributed by atoms with E-state index in [4.69, 9.17) is 9.47 Å². The zero-order valence-corrected chi connectivity index (χ0v) is 13.8. The normalized spacial score (nSPS) is 11.0. The van der Waals surface area contributed by atoms with E-state index in [1.807, 2.05) is 6.92 Å². The summed E-state index contributed by atoms with van der Waals surface area (Å²) in [4.78, 5) is 11.6. The van der Waals surface area contributed by atoms with Gasteiger partial charge in [-0.05, 0) is 31.5 Å². The van der Waals surface area contributed by atoms with Crippen LogP contribution in [0.1, 0.15) is 26.7 Å². The molecule has 0 unspecified atom stereocenters. The highest BCUT2D eigenvalue weighted by atomic mass is 32.2.